The Hall–Kier alpha value is -7.41. The molecule has 778 valence electrons. The monoisotopic (exact) mass is 1970 g/mol. The lowest BCUT2D eigenvalue weighted by molar-refractivity contribution is -0.270. The van der Waals surface area contributed by atoms with E-state index in [1.165, 1.54) is 20.8 Å². The van der Waals surface area contributed by atoms with Gasteiger partial charge in [0.1, 0.15) is 91.8 Å². The molecule has 42 nitrogen and oxygen atoms in total. The average Bonchev–Trinajstić information content (AvgIpc) is 0.765. The second-order valence-electron chi connectivity index (χ2n) is 35.5. The molecule has 5 heterocycles. The molecule has 0 radical (unpaired) electrons. The molecule has 16 atom stereocenters. The molecule has 0 spiro atoms. The van der Waals surface area contributed by atoms with Gasteiger partial charge in [-0.3, -0.25) is 38.4 Å². The Balaban J connectivity index is 0.928. The van der Waals surface area contributed by atoms with Crippen molar-refractivity contribution in [2.24, 2.45) is 11.8 Å². The van der Waals surface area contributed by atoms with Gasteiger partial charge in [0.15, 0.2) is 24.2 Å². The van der Waals surface area contributed by atoms with Crippen LogP contribution in [0.25, 0.3) is 11.4 Å². The molecule has 7 rings (SSSR count). The van der Waals surface area contributed by atoms with Crippen molar-refractivity contribution >= 4 is 77.6 Å². The molecule has 43 heteroatoms. The molecule has 2 aromatic carbocycles. The standard InChI is InChI=1S/C94H157N12O30P/c1-63(2)137(124-7)133-48-28-13-8-12-24-41-105-55-68-29-17-18-30-69(68)83(79(96-6)70-31-19-20-32-71(70)105)106(95)44-52-125-53-54-126-59-78(116)104-42-33-67(34-43-104)90(123)103-94(60-127-49-35-75(113)97-38-21-9-14-25-45-130-91-80(100-64(3)110)87(120)84(117)72(56-107)134-91,61-128-50-36-76(114)98-39-22-10-15-26-46-131-92-81(101-65(4)111)88(121)85(118)73(57-108)135-92)62-129-51-37-77(115)99-40-23-11-16-27-47-132-93-82(102-66(5)112)89(122)86(119)74(58-109)136-93/h17-20,29-32,67,72-74,80-82,84-89,91-93,96,107-109,117-122H,8-16,21-28,33-62,95H2,1-7H3,(H6-,97,98,99,100,101,102,103,110,111,112,113,114,115,123)/p+1. The van der Waals surface area contributed by atoms with Crippen molar-refractivity contribution in [2.75, 3.05) is 177 Å². The number of aliphatic hydroxyl groups is 9. The molecule has 0 bridgehead atoms. The molecule has 0 saturated carbocycles. The number of hydrazine groups is 1. The van der Waals surface area contributed by atoms with Crippen LogP contribution in [-0.2, 0) is 106 Å². The molecule has 5 aliphatic rings. The topological polar surface area (TPSA) is 571 Å². The van der Waals surface area contributed by atoms with Crippen LogP contribution in [0.4, 0.5) is 5.69 Å². The van der Waals surface area contributed by atoms with Gasteiger partial charge in [-0.05, 0) is 75.8 Å². The third-order valence-corrected chi connectivity index (χ3v) is 25.7. The van der Waals surface area contributed by atoms with E-state index in [1.807, 2.05) is 33.0 Å². The summed E-state index contributed by atoms with van der Waals surface area (Å²) in [7, 11) is 2.65. The zero-order chi connectivity index (χ0) is 99.4. The number of hydrogen-bond acceptors (Lipinski definition) is 34. The van der Waals surface area contributed by atoms with Crippen LogP contribution in [0, 0.1) is 5.92 Å². The fourth-order valence-corrected chi connectivity index (χ4v) is 17.8. The molecule has 2 aromatic rings. The summed E-state index contributed by atoms with van der Waals surface area (Å²) in [6.45, 7) is 9.82. The predicted molar refractivity (Wildman–Crippen MR) is 507 cm³/mol. The van der Waals surface area contributed by atoms with E-state index in [9.17, 15) is 84.3 Å². The highest BCUT2D eigenvalue weighted by Gasteiger charge is 2.49. The highest BCUT2D eigenvalue weighted by molar-refractivity contribution is 7.49. The van der Waals surface area contributed by atoms with Gasteiger partial charge >= 0.3 is 8.00 Å². The first-order chi connectivity index (χ1) is 66.1. The van der Waals surface area contributed by atoms with Crippen LogP contribution in [0.3, 0.4) is 0 Å². The Morgan fingerprint density at radius 3 is 1.33 bits per heavy atom. The van der Waals surface area contributed by atoms with Crippen molar-refractivity contribution in [3.63, 3.8) is 0 Å². The highest BCUT2D eigenvalue weighted by atomic mass is 31.1. The van der Waals surface area contributed by atoms with Crippen LogP contribution in [-0.4, -0.2) is 378 Å². The predicted octanol–water partition coefficient (Wildman–Crippen LogP) is 0.623. The van der Waals surface area contributed by atoms with Crippen molar-refractivity contribution in [2.45, 2.75) is 280 Å². The maximum absolute atomic E-state index is 14.8. The number of para-hydroxylation sites is 1. The third-order valence-electron chi connectivity index (χ3n) is 24.2. The second kappa shape index (κ2) is 64.9. The number of rotatable bonds is 67. The van der Waals surface area contributed by atoms with E-state index in [0.717, 1.165) is 77.7 Å². The molecule has 4 fully saturated rings. The summed E-state index contributed by atoms with van der Waals surface area (Å²) in [5.41, 5.74) is 4.51. The van der Waals surface area contributed by atoms with Gasteiger partial charge in [0.05, 0.1) is 104 Å². The number of piperidine rings is 1. The first-order valence-corrected chi connectivity index (χ1v) is 49.7. The fraction of sp³-hybridized carbons (Fsp3) is 0.755. The number of amides is 8. The summed E-state index contributed by atoms with van der Waals surface area (Å²) >= 11 is 0. The number of unbranched alkanes of at least 4 members (excludes halogenated alkanes) is 13. The van der Waals surface area contributed by atoms with Crippen LogP contribution in [0.1, 0.15) is 193 Å². The van der Waals surface area contributed by atoms with E-state index >= 15 is 0 Å². The fourth-order valence-electron chi connectivity index (χ4n) is 16.8. The van der Waals surface area contributed by atoms with Gasteiger partial charge in [-0.15, -0.1) is 0 Å². The largest absolute Gasteiger partial charge is 0.429 e. The van der Waals surface area contributed by atoms with Crippen LogP contribution in [0.5, 0.6) is 0 Å². The first-order valence-electron chi connectivity index (χ1n) is 48.5. The third kappa shape index (κ3) is 40.5. The van der Waals surface area contributed by atoms with Crippen molar-refractivity contribution in [1.82, 2.24) is 52.4 Å². The molecule has 0 aromatic heterocycles. The Labute approximate surface area is 806 Å². The lowest BCUT2D eigenvalue weighted by atomic mass is 9.93. The summed E-state index contributed by atoms with van der Waals surface area (Å²) in [5.74, 6) is 3.36. The normalized spacial score (nSPS) is 23.5. The molecule has 8 amide bonds. The Morgan fingerprint density at radius 1 is 0.489 bits per heavy atom. The van der Waals surface area contributed by atoms with Crippen molar-refractivity contribution in [3.8, 4) is 0 Å². The van der Waals surface area contributed by atoms with E-state index in [4.69, 9.17) is 67.0 Å². The Kier molecular flexibility index (Phi) is 55.2. The molecule has 16 unspecified atom stereocenters. The average molecular weight is 1970 g/mol. The van der Waals surface area contributed by atoms with Gasteiger partial charge in [0.2, 0.25) is 47.3 Å². The SMILES string of the molecule is CNC1=C(N(N)CCOCCOCC(=O)N2CCC(C(=O)NC(COCCC(=O)NCCCCCCOC3OC(CO)C(O)C(O)C3NC(C)=O)(COCCC(=O)NCCCCCCOC3OC(CO)C(O)C(O)C3NC(C)=O)COCCC(=O)NCCCCCCOC3OC(CO)C(O)C(O)C3NC(C)=O)CC2)c2ccccc2CN(CCCCCCCO[P+](OC)=C(C)C)c2ccccc21. The maximum Gasteiger partial charge on any atom is 0.429 e. The van der Waals surface area contributed by atoms with Gasteiger partial charge in [-0.1, -0.05) is 100 Å². The maximum atomic E-state index is 14.8. The van der Waals surface area contributed by atoms with E-state index in [0.29, 0.717) is 116 Å². The number of aliphatic hydroxyl groups excluding tert-OH is 9. The number of carbonyl (C=O) groups excluding carboxylic acids is 8. The number of nitrogens with one attached hydrogen (secondary N) is 8. The van der Waals surface area contributed by atoms with Crippen LogP contribution in [0.2, 0.25) is 0 Å². The number of anilines is 1. The van der Waals surface area contributed by atoms with Crippen LogP contribution >= 0.6 is 8.00 Å². The van der Waals surface area contributed by atoms with Gasteiger partial charge < -0.3 is 155 Å². The lowest BCUT2D eigenvalue weighted by Gasteiger charge is -2.42. The first kappa shape index (κ1) is 117. The van der Waals surface area contributed by atoms with E-state index in [1.54, 1.807) is 17.0 Å². The quantitative estimate of drug-likeness (QED) is 0.0187. The molecule has 4 saturated heterocycles. The Morgan fingerprint density at radius 2 is 0.898 bits per heavy atom. The molecular weight excluding hydrogens is 1810 g/mol. The lowest BCUT2D eigenvalue weighted by Crippen LogP contribution is -2.64. The van der Waals surface area contributed by atoms with Crippen molar-refractivity contribution < 1.29 is 145 Å². The van der Waals surface area contributed by atoms with Gasteiger partial charge in [-0.25, -0.2) is 5.84 Å². The van der Waals surface area contributed by atoms with Gasteiger partial charge in [-0.2, -0.15) is 9.05 Å². The molecule has 5 aliphatic heterocycles. The number of nitrogens with two attached hydrogens (primary N) is 1. The minimum absolute atomic E-state index is 0.0854. The number of hydrogen-bond donors (Lipinski definition) is 18. The van der Waals surface area contributed by atoms with E-state index in [-0.39, 0.29) is 155 Å². The summed E-state index contributed by atoms with van der Waals surface area (Å²) < 4.78 is 76.7. The number of carbonyl (C=O) groups is 8. The van der Waals surface area contributed by atoms with Crippen molar-refractivity contribution in [3.05, 3.63) is 65.2 Å². The second-order valence-corrected chi connectivity index (χ2v) is 37.5. The van der Waals surface area contributed by atoms with E-state index in [2.05, 4.69) is 83.8 Å². The number of benzene rings is 2. The molecule has 137 heavy (non-hydrogen) atoms. The summed E-state index contributed by atoms with van der Waals surface area (Å²) in [4.78, 5) is 108. The Bertz CT molecular complexity index is 3740. The van der Waals surface area contributed by atoms with E-state index < -0.39 is 155 Å². The smallest absolute Gasteiger partial charge is 0.394 e. The highest BCUT2D eigenvalue weighted by Crippen LogP contribution is 2.38. The summed E-state index contributed by atoms with van der Waals surface area (Å²) in [6.07, 6.45) is -2.30. The number of nitrogens with zero attached hydrogens (tertiary/aromatic N) is 3. The zero-order valence-corrected chi connectivity index (χ0v) is 81.9. The molecule has 19 N–H and O–H groups in total. The van der Waals surface area contributed by atoms with Gasteiger partial charge in [0, 0.05) is 149 Å². The van der Waals surface area contributed by atoms with Gasteiger partial charge in [0.25, 0.3) is 0 Å². The summed E-state index contributed by atoms with van der Waals surface area (Å²) in [6, 6.07) is 13.5. The number of fused-ring (bicyclic) bond motifs is 2. The number of ether oxygens (including phenoxy) is 11. The molecular formula is C94H158N12O30P+. The van der Waals surface area contributed by atoms with Crippen LogP contribution < -0.4 is 53.3 Å². The minimum atomic E-state index is -1.48. The van der Waals surface area contributed by atoms with Crippen molar-refractivity contribution in [1.29, 1.82) is 0 Å². The summed E-state index contributed by atoms with van der Waals surface area (Å²) in [5, 5.41) is 118. The number of likely N-dealkylation sites (tertiary alicyclic amines) is 1. The molecule has 0 aliphatic carbocycles. The van der Waals surface area contributed by atoms with Crippen LogP contribution in [0.15, 0.2) is 48.5 Å². The zero-order valence-electron chi connectivity index (χ0n) is 81.1. The minimum Gasteiger partial charge on any atom is -0.394 e.